The van der Waals surface area contributed by atoms with Crippen LogP contribution in [0.15, 0.2) is 54.9 Å². The fourth-order valence-corrected chi connectivity index (χ4v) is 0.983. The zero-order valence-corrected chi connectivity index (χ0v) is 8.64. The Hall–Kier alpha value is -1.63. The second-order valence-electron chi connectivity index (χ2n) is 3.19. The van der Waals surface area contributed by atoms with Gasteiger partial charge in [0.25, 0.3) is 0 Å². The van der Waals surface area contributed by atoms with Gasteiger partial charge in [0.1, 0.15) is 0 Å². The second kappa shape index (κ2) is 12.4. The summed E-state index contributed by atoms with van der Waals surface area (Å²) < 4.78 is 0. The predicted octanol–water partition coefficient (Wildman–Crippen LogP) is 5.29. The summed E-state index contributed by atoms with van der Waals surface area (Å²) in [7, 11) is 0. The molecule has 0 spiro atoms. The molecule has 1 nitrogen and oxygen atoms in total. The van der Waals surface area contributed by atoms with Gasteiger partial charge in [0.05, 0.1) is 0 Å². The third kappa shape index (κ3) is 10.6. The van der Waals surface area contributed by atoms with E-state index in [4.69, 9.17) is 0 Å². The topological polar surface area (TPSA) is 12.9 Å². The maximum absolute atomic E-state index is 3.88. The molecular weight excluding hydrogens is 206 g/mol. The summed E-state index contributed by atoms with van der Waals surface area (Å²) in [6.07, 6.45) is 3.60. The number of benzene rings is 1. The molecule has 1 aromatic heterocycles. The third-order valence-electron chi connectivity index (χ3n) is 1.75. The zero-order chi connectivity index (χ0) is 10.2. The van der Waals surface area contributed by atoms with Gasteiger partial charge in [-0.3, -0.25) is 4.98 Å². The van der Waals surface area contributed by atoms with Crippen LogP contribution in [0.5, 0.6) is 0 Å². The highest BCUT2D eigenvalue weighted by molar-refractivity contribution is 5.11. The Morgan fingerprint density at radius 3 is 1.47 bits per heavy atom. The number of pyridine rings is 1. The standard InChI is InChI=1S/C7H8.C6H7N.3CH4/c1-7-5-3-2-4-6-7;1-6-3-2-4-7-5-6;;;/h2-6H,1H3;2-5H,1H3;3*1H4. The Balaban J connectivity index is -0.000000196. The van der Waals surface area contributed by atoms with Gasteiger partial charge >= 0.3 is 0 Å². The quantitative estimate of drug-likeness (QED) is 0.602. The summed E-state index contributed by atoms with van der Waals surface area (Å²) in [5, 5.41) is 0. The molecule has 0 N–H and O–H groups in total. The van der Waals surface area contributed by atoms with Crippen molar-refractivity contribution in [2.75, 3.05) is 0 Å². The van der Waals surface area contributed by atoms with Gasteiger partial charge < -0.3 is 0 Å². The van der Waals surface area contributed by atoms with Crippen LogP contribution in [0.2, 0.25) is 0 Å². The van der Waals surface area contributed by atoms with E-state index >= 15 is 0 Å². The lowest BCUT2D eigenvalue weighted by atomic mass is 10.2. The normalized spacial score (nSPS) is 7.18. The van der Waals surface area contributed by atoms with E-state index in [0.29, 0.717) is 0 Å². The van der Waals surface area contributed by atoms with E-state index in [1.54, 1.807) is 6.20 Å². The lowest BCUT2D eigenvalue weighted by Crippen LogP contribution is -1.69. The third-order valence-corrected chi connectivity index (χ3v) is 1.75. The molecule has 0 aliphatic carbocycles. The Morgan fingerprint density at radius 1 is 0.706 bits per heavy atom. The highest BCUT2D eigenvalue weighted by Crippen LogP contribution is 1.92. The van der Waals surface area contributed by atoms with E-state index in [2.05, 4.69) is 24.0 Å². The molecule has 0 radical (unpaired) electrons. The lowest BCUT2D eigenvalue weighted by molar-refractivity contribution is 1.27. The van der Waals surface area contributed by atoms with Crippen LogP contribution in [-0.2, 0) is 0 Å². The number of aryl methyl sites for hydroxylation is 2. The predicted molar refractivity (Wildman–Crippen MR) is 80.3 cm³/mol. The van der Waals surface area contributed by atoms with Crippen molar-refractivity contribution in [2.45, 2.75) is 36.1 Å². The Labute approximate surface area is 108 Å². The van der Waals surface area contributed by atoms with Crippen LogP contribution in [0.3, 0.4) is 0 Å². The van der Waals surface area contributed by atoms with E-state index in [0.717, 1.165) is 0 Å². The van der Waals surface area contributed by atoms with Crippen LogP contribution in [0.1, 0.15) is 33.4 Å². The summed E-state index contributed by atoms with van der Waals surface area (Å²) in [6, 6.07) is 14.2. The van der Waals surface area contributed by atoms with Crippen molar-refractivity contribution in [3.63, 3.8) is 0 Å². The zero-order valence-electron chi connectivity index (χ0n) is 8.64. The first-order chi connectivity index (χ1) is 6.79. The molecule has 1 heterocycles. The number of aromatic nitrogens is 1. The summed E-state index contributed by atoms with van der Waals surface area (Å²) in [5.41, 5.74) is 2.53. The summed E-state index contributed by atoms with van der Waals surface area (Å²) >= 11 is 0. The highest BCUT2D eigenvalue weighted by Gasteiger charge is 1.73. The van der Waals surface area contributed by atoms with Crippen LogP contribution < -0.4 is 0 Å². The minimum Gasteiger partial charge on any atom is -0.264 e. The number of hydrogen-bond acceptors (Lipinski definition) is 1. The minimum atomic E-state index is 0. The SMILES string of the molecule is C.C.C.Cc1ccccc1.Cc1cccnc1. The molecule has 0 amide bonds. The maximum atomic E-state index is 3.88. The Kier molecular flexibility index (Phi) is 15.2. The van der Waals surface area contributed by atoms with Gasteiger partial charge in [0.2, 0.25) is 0 Å². The molecule has 17 heavy (non-hydrogen) atoms. The van der Waals surface area contributed by atoms with E-state index < -0.39 is 0 Å². The molecule has 0 bridgehead atoms. The molecule has 2 aromatic rings. The van der Waals surface area contributed by atoms with E-state index in [9.17, 15) is 0 Å². The average molecular weight is 233 g/mol. The molecule has 1 aromatic carbocycles. The molecule has 0 unspecified atom stereocenters. The van der Waals surface area contributed by atoms with Crippen molar-refractivity contribution >= 4 is 0 Å². The van der Waals surface area contributed by atoms with Crippen LogP contribution in [-0.4, -0.2) is 4.98 Å². The van der Waals surface area contributed by atoms with Crippen LogP contribution in [0.25, 0.3) is 0 Å². The second-order valence-corrected chi connectivity index (χ2v) is 3.19. The smallest absolute Gasteiger partial charge is 0.0297 e. The monoisotopic (exact) mass is 233 g/mol. The van der Waals surface area contributed by atoms with Crippen molar-refractivity contribution in [1.82, 2.24) is 4.98 Å². The van der Waals surface area contributed by atoms with Crippen molar-refractivity contribution in [1.29, 1.82) is 0 Å². The van der Waals surface area contributed by atoms with Crippen molar-refractivity contribution < 1.29 is 0 Å². The van der Waals surface area contributed by atoms with E-state index in [-0.39, 0.29) is 22.3 Å². The highest BCUT2D eigenvalue weighted by atomic mass is 14.6. The maximum Gasteiger partial charge on any atom is 0.0297 e. The number of nitrogens with zero attached hydrogens (tertiary/aromatic N) is 1. The molecule has 1 heteroatoms. The van der Waals surface area contributed by atoms with Crippen molar-refractivity contribution in [3.8, 4) is 0 Å². The molecule has 0 aliphatic rings. The van der Waals surface area contributed by atoms with Crippen LogP contribution in [0.4, 0.5) is 0 Å². The first-order valence-electron chi connectivity index (χ1n) is 4.67. The van der Waals surface area contributed by atoms with Crippen LogP contribution >= 0.6 is 0 Å². The molecule has 0 atom stereocenters. The summed E-state index contributed by atoms with van der Waals surface area (Å²) in [4.78, 5) is 3.88. The summed E-state index contributed by atoms with van der Waals surface area (Å²) in [5.74, 6) is 0. The minimum absolute atomic E-state index is 0. The van der Waals surface area contributed by atoms with Gasteiger partial charge in [0.15, 0.2) is 0 Å². The van der Waals surface area contributed by atoms with E-state index in [1.165, 1.54) is 11.1 Å². The van der Waals surface area contributed by atoms with Gasteiger partial charge in [-0.1, -0.05) is 64.2 Å². The van der Waals surface area contributed by atoms with Gasteiger partial charge in [0, 0.05) is 12.4 Å². The molecule has 0 saturated heterocycles. The van der Waals surface area contributed by atoms with Gasteiger partial charge in [-0.2, -0.15) is 0 Å². The van der Waals surface area contributed by atoms with Crippen molar-refractivity contribution in [3.05, 3.63) is 66.0 Å². The van der Waals surface area contributed by atoms with Gasteiger partial charge in [-0.05, 0) is 25.5 Å². The van der Waals surface area contributed by atoms with E-state index in [1.807, 2.05) is 43.5 Å². The molecule has 96 valence electrons. The molecule has 0 aliphatic heterocycles. The fourth-order valence-electron chi connectivity index (χ4n) is 0.983. The average Bonchev–Trinajstić information content (AvgIpc) is 2.21. The first kappa shape index (κ1) is 20.7. The molecule has 0 fully saturated rings. The lowest BCUT2D eigenvalue weighted by Gasteiger charge is -1.82. The fraction of sp³-hybridized carbons (Fsp3) is 0.312. The largest absolute Gasteiger partial charge is 0.264 e. The number of hydrogen-bond donors (Lipinski definition) is 0. The Morgan fingerprint density at radius 2 is 1.24 bits per heavy atom. The van der Waals surface area contributed by atoms with Gasteiger partial charge in [-0.25, -0.2) is 0 Å². The first-order valence-corrected chi connectivity index (χ1v) is 4.67. The summed E-state index contributed by atoms with van der Waals surface area (Å²) in [6.45, 7) is 4.10. The Bertz CT molecular complexity index is 303. The van der Waals surface area contributed by atoms with Crippen molar-refractivity contribution in [2.24, 2.45) is 0 Å². The van der Waals surface area contributed by atoms with Gasteiger partial charge in [-0.15, -0.1) is 0 Å². The molecule has 0 saturated carbocycles. The van der Waals surface area contributed by atoms with Crippen LogP contribution in [0, 0.1) is 13.8 Å². The number of rotatable bonds is 0. The molecule has 2 rings (SSSR count). The molecular formula is C16H27N.